The lowest BCUT2D eigenvalue weighted by Gasteiger charge is -2.10. The van der Waals surface area contributed by atoms with Gasteiger partial charge in [0.25, 0.3) is 0 Å². The minimum atomic E-state index is -0.125. The van der Waals surface area contributed by atoms with E-state index in [1.807, 2.05) is 55.5 Å². The normalized spacial score (nSPS) is 10.3. The van der Waals surface area contributed by atoms with E-state index in [1.54, 1.807) is 12.4 Å². The Morgan fingerprint density at radius 3 is 2.73 bits per heavy atom. The topological polar surface area (TPSA) is 77.0 Å². The van der Waals surface area contributed by atoms with Crippen molar-refractivity contribution in [3.8, 4) is 17.0 Å². The fraction of sp³-hybridized carbons (Fsp3) is 0.158. The fourth-order valence-corrected chi connectivity index (χ4v) is 2.86. The molecule has 0 aliphatic heterocycles. The summed E-state index contributed by atoms with van der Waals surface area (Å²) in [5, 5.41) is 11.9. The third kappa shape index (κ3) is 4.80. The molecular weight excluding hydrogens is 348 g/mol. The second-order valence-corrected chi connectivity index (χ2v) is 6.26. The number of benzene rings is 1. The molecule has 1 amide bonds. The number of aromatic nitrogens is 3. The van der Waals surface area contributed by atoms with E-state index in [9.17, 15) is 4.79 Å². The predicted molar refractivity (Wildman–Crippen MR) is 102 cm³/mol. The standard InChI is InChI=1S/C19H18N4O2S/c1-2-25-17-8-4-3-7-16(17)21-18(24)13-26-19-10-9-15(22-23-19)14-6-5-11-20-12-14/h3-12H,2,13H2,1H3,(H,21,24). The molecule has 0 saturated carbocycles. The number of pyridine rings is 1. The number of anilines is 1. The number of amides is 1. The van der Waals surface area contributed by atoms with Crippen LogP contribution in [0.2, 0.25) is 0 Å². The molecule has 0 saturated heterocycles. The van der Waals surface area contributed by atoms with Gasteiger partial charge in [-0.2, -0.15) is 0 Å². The van der Waals surface area contributed by atoms with Crippen LogP contribution < -0.4 is 10.1 Å². The van der Waals surface area contributed by atoms with Crippen molar-refractivity contribution in [1.82, 2.24) is 15.2 Å². The van der Waals surface area contributed by atoms with Crippen LogP contribution in [0.25, 0.3) is 11.3 Å². The van der Waals surface area contributed by atoms with E-state index in [2.05, 4.69) is 20.5 Å². The molecule has 0 aliphatic rings. The number of rotatable bonds is 7. The van der Waals surface area contributed by atoms with E-state index < -0.39 is 0 Å². The maximum atomic E-state index is 12.2. The van der Waals surface area contributed by atoms with Gasteiger partial charge in [-0.15, -0.1) is 10.2 Å². The van der Waals surface area contributed by atoms with E-state index in [-0.39, 0.29) is 11.7 Å². The molecule has 0 aliphatic carbocycles. The number of thioether (sulfide) groups is 1. The van der Waals surface area contributed by atoms with E-state index in [0.29, 0.717) is 23.1 Å². The molecule has 6 nitrogen and oxygen atoms in total. The van der Waals surface area contributed by atoms with Gasteiger partial charge in [-0.3, -0.25) is 9.78 Å². The van der Waals surface area contributed by atoms with Crippen molar-refractivity contribution in [3.05, 3.63) is 60.9 Å². The Hall–Kier alpha value is -2.93. The number of para-hydroxylation sites is 2. The molecule has 0 atom stereocenters. The van der Waals surface area contributed by atoms with Crippen LogP contribution in [0.1, 0.15) is 6.92 Å². The van der Waals surface area contributed by atoms with Gasteiger partial charge in [0.05, 0.1) is 23.7 Å². The molecule has 7 heteroatoms. The quantitative estimate of drug-likeness (QED) is 0.643. The minimum Gasteiger partial charge on any atom is -0.492 e. The largest absolute Gasteiger partial charge is 0.492 e. The molecule has 2 aromatic heterocycles. The van der Waals surface area contributed by atoms with Crippen LogP contribution in [-0.4, -0.2) is 33.4 Å². The van der Waals surface area contributed by atoms with Crippen LogP contribution >= 0.6 is 11.8 Å². The van der Waals surface area contributed by atoms with Crippen LogP contribution in [0.4, 0.5) is 5.69 Å². The number of nitrogens with zero attached hydrogens (tertiary/aromatic N) is 3. The first-order valence-corrected chi connectivity index (χ1v) is 9.13. The molecule has 1 N–H and O–H groups in total. The van der Waals surface area contributed by atoms with E-state index in [0.717, 1.165) is 11.3 Å². The number of hydrogen-bond acceptors (Lipinski definition) is 6. The van der Waals surface area contributed by atoms with Gasteiger partial charge in [0.15, 0.2) is 0 Å². The van der Waals surface area contributed by atoms with Crippen molar-refractivity contribution in [3.63, 3.8) is 0 Å². The molecular formula is C19H18N4O2S. The summed E-state index contributed by atoms with van der Waals surface area (Å²) in [6.07, 6.45) is 3.45. The first kappa shape index (κ1) is 17.9. The maximum Gasteiger partial charge on any atom is 0.234 e. The van der Waals surface area contributed by atoms with Crippen LogP contribution in [0, 0.1) is 0 Å². The molecule has 0 bridgehead atoms. The molecule has 26 heavy (non-hydrogen) atoms. The zero-order chi connectivity index (χ0) is 18.2. The highest BCUT2D eigenvalue weighted by Gasteiger charge is 2.09. The highest BCUT2D eigenvalue weighted by Crippen LogP contribution is 2.24. The summed E-state index contributed by atoms with van der Waals surface area (Å²) in [6, 6.07) is 14.9. The van der Waals surface area contributed by atoms with E-state index in [4.69, 9.17) is 4.74 Å². The fourth-order valence-electron chi connectivity index (χ4n) is 2.24. The third-order valence-electron chi connectivity index (χ3n) is 3.41. The first-order valence-electron chi connectivity index (χ1n) is 8.15. The highest BCUT2D eigenvalue weighted by molar-refractivity contribution is 7.99. The summed E-state index contributed by atoms with van der Waals surface area (Å²) in [7, 11) is 0. The van der Waals surface area contributed by atoms with Crippen molar-refractivity contribution in [2.75, 3.05) is 17.7 Å². The van der Waals surface area contributed by atoms with Crippen molar-refractivity contribution in [1.29, 1.82) is 0 Å². The van der Waals surface area contributed by atoms with Crippen LogP contribution in [0.15, 0.2) is 66.0 Å². The van der Waals surface area contributed by atoms with Crippen molar-refractivity contribution in [2.24, 2.45) is 0 Å². The summed E-state index contributed by atoms with van der Waals surface area (Å²) >= 11 is 1.33. The van der Waals surface area contributed by atoms with Gasteiger partial charge in [-0.1, -0.05) is 23.9 Å². The monoisotopic (exact) mass is 366 g/mol. The highest BCUT2D eigenvalue weighted by atomic mass is 32.2. The summed E-state index contributed by atoms with van der Waals surface area (Å²) < 4.78 is 5.51. The summed E-state index contributed by atoms with van der Waals surface area (Å²) in [4.78, 5) is 16.3. The smallest absolute Gasteiger partial charge is 0.234 e. The van der Waals surface area contributed by atoms with Crippen LogP contribution in [-0.2, 0) is 4.79 Å². The average molecular weight is 366 g/mol. The molecule has 0 unspecified atom stereocenters. The summed E-state index contributed by atoms with van der Waals surface area (Å²) in [5.74, 6) is 0.774. The summed E-state index contributed by atoms with van der Waals surface area (Å²) in [5.41, 5.74) is 2.32. The Labute approximate surface area is 156 Å². The van der Waals surface area contributed by atoms with Gasteiger partial charge in [-0.05, 0) is 43.3 Å². The Bertz CT molecular complexity index is 857. The van der Waals surface area contributed by atoms with E-state index in [1.165, 1.54) is 11.8 Å². The van der Waals surface area contributed by atoms with Crippen molar-refractivity contribution in [2.45, 2.75) is 11.9 Å². The van der Waals surface area contributed by atoms with Gasteiger partial charge < -0.3 is 10.1 Å². The van der Waals surface area contributed by atoms with Crippen molar-refractivity contribution >= 4 is 23.4 Å². The van der Waals surface area contributed by atoms with Gasteiger partial charge in [-0.25, -0.2) is 0 Å². The van der Waals surface area contributed by atoms with Gasteiger partial charge in [0.2, 0.25) is 5.91 Å². The predicted octanol–water partition coefficient (Wildman–Crippen LogP) is 3.67. The molecule has 3 rings (SSSR count). The molecule has 0 fully saturated rings. The average Bonchev–Trinajstić information content (AvgIpc) is 2.69. The molecule has 1 aromatic carbocycles. The lowest BCUT2D eigenvalue weighted by molar-refractivity contribution is -0.113. The number of ether oxygens (including phenoxy) is 1. The Morgan fingerprint density at radius 2 is 2.00 bits per heavy atom. The number of carbonyl (C=O) groups is 1. The van der Waals surface area contributed by atoms with Crippen molar-refractivity contribution < 1.29 is 9.53 Å². The third-order valence-corrected chi connectivity index (χ3v) is 4.33. The number of nitrogens with one attached hydrogen (secondary N) is 1. The Balaban J connectivity index is 1.56. The first-order chi connectivity index (χ1) is 12.8. The molecule has 2 heterocycles. The minimum absolute atomic E-state index is 0.125. The summed E-state index contributed by atoms with van der Waals surface area (Å²) in [6.45, 7) is 2.45. The second kappa shape index (κ2) is 8.96. The zero-order valence-electron chi connectivity index (χ0n) is 14.3. The van der Waals surface area contributed by atoms with Crippen LogP contribution in [0.5, 0.6) is 5.75 Å². The Morgan fingerprint density at radius 1 is 1.12 bits per heavy atom. The van der Waals surface area contributed by atoms with Gasteiger partial charge in [0.1, 0.15) is 10.8 Å². The zero-order valence-corrected chi connectivity index (χ0v) is 15.1. The number of carbonyl (C=O) groups excluding carboxylic acids is 1. The SMILES string of the molecule is CCOc1ccccc1NC(=O)CSc1ccc(-c2cccnc2)nn1. The Kier molecular flexibility index (Phi) is 6.16. The molecule has 0 radical (unpaired) electrons. The molecule has 0 spiro atoms. The second-order valence-electron chi connectivity index (χ2n) is 5.26. The molecule has 132 valence electrons. The number of hydrogen-bond donors (Lipinski definition) is 1. The maximum absolute atomic E-state index is 12.2. The lowest BCUT2D eigenvalue weighted by atomic mass is 10.2. The lowest BCUT2D eigenvalue weighted by Crippen LogP contribution is -2.15. The van der Waals surface area contributed by atoms with E-state index >= 15 is 0 Å². The van der Waals surface area contributed by atoms with Crippen LogP contribution in [0.3, 0.4) is 0 Å². The van der Waals surface area contributed by atoms with Gasteiger partial charge >= 0.3 is 0 Å². The molecule has 3 aromatic rings. The van der Waals surface area contributed by atoms with Gasteiger partial charge in [0, 0.05) is 18.0 Å².